The molecule has 0 aliphatic carbocycles. The highest BCUT2D eigenvalue weighted by atomic mass is 127. The first-order chi connectivity index (χ1) is 13.7. The van der Waals surface area contributed by atoms with Crippen molar-refractivity contribution in [1.29, 1.82) is 0 Å². The lowest BCUT2D eigenvalue weighted by molar-refractivity contribution is 0.311. The largest absolute Gasteiger partial charge is 0.493 e. The zero-order valence-corrected chi connectivity index (χ0v) is 19.3. The molecule has 0 atom stereocenters. The molecule has 3 aromatic rings. The van der Waals surface area contributed by atoms with Gasteiger partial charge in [0.15, 0.2) is 17.5 Å². The number of fused-ring (bicyclic) bond motifs is 1. The molecule has 3 rings (SSSR count). The molecule has 0 saturated heterocycles. The molecule has 1 aromatic heterocycles. The number of benzene rings is 2. The molecule has 0 fully saturated rings. The molecule has 3 N–H and O–H groups in total. The molecule has 0 spiro atoms. The van der Waals surface area contributed by atoms with Crippen LogP contribution in [0.3, 0.4) is 0 Å². The number of aliphatic imine (C=N–C) groups is 1. The number of aromatic amines is 1. The summed E-state index contributed by atoms with van der Waals surface area (Å²) in [7, 11) is 1.63. The Morgan fingerprint density at radius 1 is 1.14 bits per heavy atom. The maximum Gasteiger partial charge on any atom is 0.195 e. The van der Waals surface area contributed by atoms with Crippen molar-refractivity contribution in [1.82, 2.24) is 15.3 Å². The van der Waals surface area contributed by atoms with Gasteiger partial charge in [-0.15, -0.1) is 24.0 Å². The number of H-pyrrole nitrogens is 1. The number of nitrogens with one attached hydrogen (secondary N) is 3. The minimum Gasteiger partial charge on any atom is -0.493 e. The molecular formula is C21H28IN5O2. The van der Waals surface area contributed by atoms with Crippen molar-refractivity contribution >= 4 is 46.7 Å². The molecule has 0 unspecified atom stereocenters. The Hall–Kier alpha value is -2.49. The maximum absolute atomic E-state index is 5.57. The zero-order chi connectivity index (χ0) is 19.8. The summed E-state index contributed by atoms with van der Waals surface area (Å²) in [4.78, 5) is 12.6. The van der Waals surface area contributed by atoms with E-state index in [1.807, 2.05) is 56.3 Å². The van der Waals surface area contributed by atoms with Gasteiger partial charge in [-0.3, -0.25) is 4.99 Å². The van der Waals surface area contributed by atoms with Crippen LogP contribution in [-0.2, 0) is 6.42 Å². The Kier molecular flexibility index (Phi) is 9.04. The number of hydrogen-bond donors (Lipinski definition) is 3. The topological polar surface area (TPSA) is 83.6 Å². The predicted octanol–water partition coefficient (Wildman–Crippen LogP) is 4.21. The number of methoxy groups -OCH3 is 1. The Bertz CT molecular complexity index is 909. The second kappa shape index (κ2) is 11.5. The number of imidazole rings is 1. The van der Waals surface area contributed by atoms with Crippen molar-refractivity contribution in [3.8, 4) is 11.5 Å². The van der Waals surface area contributed by atoms with Crippen LogP contribution >= 0.6 is 24.0 Å². The van der Waals surface area contributed by atoms with E-state index in [1.54, 1.807) is 7.11 Å². The number of nitrogens with zero attached hydrogens (tertiary/aromatic N) is 2. The monoisotopic (exact) mass is 509 g/mol. The maximum atomic E-state index is 5.57. The molecule has 2 aromatic carbocycles. The molecule has 156 valence electrons. The van der Waals surface area contributed by atoms with Crippen LogP contribution in [0.25, 0.3) is 11.0 Å². The summed E-state index contributed by atoms with van der Waals surface area (Å²) >= 11 is 0. The van der Waals surface area contributed by atoms with Crippen molar-refractivity contribution in [3.63, 3.8) is 0 Å². The minimum atomic E-state index is 0. The van der Waals surface area contributed by atoms with Gasteiger partial charge in [0, 0.05) is 31.3 Å². The molecule has 0 saturated carbocycles. The Balaban J connectivity index is 0.00000300. The number of hydrogen-bond acceptors (Lipinski definition) is 4. The molecule has 0 aliphatic heterocycles. The van der Waals surface area contributed by atoms with Gasteiger partial charge in [0.25, 0.3) is 0 Å². The number of halogens is 1. The fourth-order valence-electron chi connectivity index (χ4n) is 2.86. The molecule has 8 heteroatoms. The van der Waals surface area contributed by atoms with Crippen LogP contribution in [0.5, 0.6) is 11.5 Å². The van der Waals surface area contributed by atoms with E-state index in [0.29, 0.717) is 24.9 Å². The number of rotatable bonds is 8. The molecule has 0 bridgehead atoms. The van der Waals surface area contributed by atoms with Crippen molar-refractivity contribution in [2.24, 2.45) is 4.99 Å². The molecular weight excluding hydrogens is 481 g/mol. The van der Waals surface area contributed by atoms with E-state index in [-0.39, 0.29) is 24.0 Å². The zero-order valence-electron chi connectivity index (χ0n) is 17.0. The van der Waals surface area contributed by atoms with E-state index in [9.17, 15) is 0 Å². The Morgan fingerprint density at radius 2 is 1.97 bits per heavy atom. The van der Waals surface area contributed by atoms with E-state index < -0.39 is 0 Å². The van der Waals surface area contributed by atoms with Crippen molar-refractivity contribution in [3.05, 3.63) is 48.3 Å². The normalized spacial score (nSPS) is 11.1. The Labute approximate surface area is 188 Å². The van der Waals surface area contributed by atoms with Crippen molar-refractivity contribution < 1.29 is 9.47 Å². The number of aromatic nitrogens is 2. The second-order valence-electron chi connectivity index (χ2n) is 6.13. The van der Waals surface area contributed by atoms with E-state index in [2.05, 4.69) is 25.6 Å². The molecule has 0 amide bonds. The van der Waals surface area contributed by atoms with Crippen LogP contribution in [0.15, 0.2) is 47.5 Å². The molecule has 29 heavy (non-hydrogen) atoms. The van der Waals surface area contributed by atoms with Gasteiger partial charge in [-0.05, 0) is 38.1 Å². The van der Waals surface area contributed by atoms with E-state index in [0.717, 1.165) is 41.3 Å². The summed E-state index contributed by atoms with van der Waals surface area (Å²) in [5.74, 6) is 3.06. The summed E-state index contributed by atoms with van der Waals surface area (Å²) in [5.41, 5.74) is 2.91. The van der Waals surface area contributed by atoms with Crippen LogP contribution in [0, 0.1) is 0 Å². The van der Waals surface area contributed by atoms with Crippen LogP contribution in [0.4, 0.5) is 5.69 Å². The van der Waals surface area contributed by atoms with Gasteiger partial charge in [0.05, 0.1) is 24.8 Å². The Morgan fingerprint density at radius 3 is 2.69 bits per heavy atom. The van der Waals surface area contributed by atoms with Crippen molar-refractivity contribution in [2.45, 2.75) is 20.3 Å². The molecule has 0 radical (unpaired) electrons. The molecule has 7 nitrogen and oxygen atoms in total. The smallest absolute Gasteiger partial charge is 0.195 e. The average molecular weight is 509 g/mol. The average Bonchev–Trinajstić information content (AvgIpc) is 3.12. The number of anilines is 1. The number of ether oxygens (including phenoxy) is 2. The third kappa shape index (κ3) is 6.25. The summed E-state index contributed by atoms with van der Waals surface area (Å²) in [5, 5.41) is 6.57. The van der Waals surface area contributed by atoms with Gasteiger partial charge in [-0.1, -0.05) is 12.1 Å². The predicted molar refractivity (Wildman–Crippen MR) is 129 cm³/mol. The van der Waals surface area contributed by atoms with Crippen LogP contribution in [0.1, 0.15) is 19.7 Å². The summed E-state index contributed by atoms with van der Waals surface area (Å²) in [6, 6.07) is 13.8. The lowest BCUT2D eigenvalue weighted by atomic mass is 10.2. The summed E-state index contributed by atoms with van der Waals surface area (Å²) in [6.07, 6.45) is 0.734. The molecule has 1 heterocycles. The molecule has 0 aliphatic rings. The summed E-state index contributed by atoms with van der Waals surface area (Å²) in [6.45, 7) is 5.96. The van der Waals surface area contributed by atoms with Crippen LogP contribution < -0.4 is 20.1 Å². The van der Waals surface area contributed by atoms with Gasteiger partial charge in [0.1, 0.15) is 5.82 Å². The van der Waals surface area contributed by atoms with Gasteiger partial charge in [-0.2, -0.15) is 0 Å². The number of guanidine groups is 1. The van der Waals surface area contributed by atoms with Crippen LogP contribution in [-0.4, -0.2) is 42.7 Å². The van der Waals surface area contributed by atoms with Crippen LogP contribution in [0.2, 0.25) is 0 Å². The standard InChI is InChI=1S/C21H27N5O2.HI/c1-4-22-21(24-15-10-11-18(28-5-2)19(14-15)27-3)23-13-12-20-25-16-8-6-7-9-17(16)26-20;/h6-11,14H,4-5,12-13H2,1-3H3,(H,25,26)(H2,22,23,24);1H. The van der Waals surface area contributed by atoms with E-state index in [1.165, 1.54) is 0 Å². The first-order valence-electron chi connectivity index (χ1n) is 9.53. The fourth-order valence-corrected chi connectivity index (χ4v) is 2.86. The fraction of sp³-hybridized carbons (Fsp3) is 0.333. The minimum absolute atomic E-state index is 0. The quantitative estimate of drug-likeness (QED) is 0.241. The first-order valence-corrected chi connectivity index (χ1v) is 9.53. The van der Waals surface area contributed by atoms with Crippen molar-refractivity contribution in [2.75, 3.05) is 32.1 Å². The van der Waals surface area contributed by atoms with Gasteiger partial charge >= 0.3 is 0 Å². The van der Waals surface area contributed by atoms with Gasteiger partial charge in [-0.25, -0.2) is 4.98 Å². The number of para-hydroxylation sites is 2. The lowest BCUT2D eigenvalue weighted by Gasteiger charge is -2.14. The van der Waals surface area contributed by atoms with Gasteiger partial charge < -0.3 is 25.1 Å². The highest BCUT2D eigenvalue weighted by Crippen LogP contribution is 2.30. The third-order valence-electron chi connectivity index (χ3n) is 4.13. The van der Waals surface area contributed by atoms with Gasteiger partial charge in [0.2, 0.25) is 0 Å². The highest BCUT2D eigenvalue weighted by Gasteiger charge is 2.07. The first kappa shape index (κ1) is 22.8. The highest BCUT2D eigenvalue weighted by molar-refractivity contribution is 14.0. The lowest BCUT2D eigenvalue weighted by Crippen LogP contribution is -2.31. The summed E-state index contributed by atoms with van der Waals surface area (Å²) < 4.78 is 11.0. The van der Waals surface area contributed by atoms with E-state index in [4.69, 9.17) is 9.47 Å². The SMILES string of the molecule is CCNC(=NCCc1nc2ccccc2[nH]1)Nc1ccc(OCC)c(OC)c1.I. The second-order valence-corrected chi connectivity index (χ2v) is 6.13. The third-order valence-corrected chi connectivity index (χ3v) is 4.13. The van der Waals surface area contributed by atoms with E-state index >= 15 is 0 Å².